The average Bonchev–Trinajstić information content (AvgIpc) is 3.33. The maximum atomic E-state index is 14.8. The minimum absolute atomic E-state index is 0.0267. The third kappa shape index (κ3) is 3.66. The van der Waals surface area contributed by atoms with Crippen LogP contribution in [0.5, 0.6) is 0 Å². The second-order valence-corrected chi connectivity index (χ2v) is 9.25. The minimum atomic E-state index is -0.368. The molecule has 1 atom stereocenters. The Morgan fingerprint density at radius 2 is 1.78 bits per heavy atom. The lowest BCUT2D eigenvalue weighted by atomic mass is 10.1. The molecule has 5 aromatic rings. The molecule has 1 aliphatic rings. The quantitative estimate of drug-likeness (QED) is 0.373. The summed E-state index contributed by atoms with van der Waals surface area (Å²) in [6.45, 7) is 5.73. The topological polar surface area (TPSA) is 66.6 Å². The summed E-state index contributed by atoms with van der Waals surface area (Å²) in [6, 6.07) is 21.9. The highest BCUT2D eigenvalue weighted by molar-refractivity contribution is 5.95. The summed E-state index contributed by atoms with van der Waals surface area (Å²) in [5.41, 5.74) is 3.54. The Morgan fingerprint density at radius 3 is 2.58 bits per heavy atom. The lowest BCUT2D eigenvalue weighted by Gasteiger charge is -2.40. The van der Waals surface area contributed by atoms with Crippen molar-refractivity contribution in [2.24, 2.45) is 0 Å². The maximum absolute atomic E-state index is 14.8. The fourth-order valence-corrected chi connectivity index (χ4v) is 4.98. The van der Waals surface area contributed by atoms with Gasteiger partial charge >= 0.3 is 0 Å². The molecule has 2 aromatic heterocycles. The molecule has 0 saturated carbocycles. The Labute approximate surface area is 207 Å². The zero-order valence-electron chi connectivity index (χ0n) is 20.1. The van der Waals surface area contributed by atoms with Gasteiger partial charge in [0.25, 0.3) is 5.91 Å². The van der Waals surface area contributed by atoms with Crippen molar-refractivity contribution in [3.8, 4) is 11.4 Å². The maximum Gasteiger partial charge on any atom is 0.254 e. The Bertz CT molecular complexity index is 1610. The first-order chi connectivity index (χ1) is 17.5. The zero-order valence-corrected chi connectivity index (χ0v) is 20.1. The van der Waals surface area contributed by atoms with Crippen LogP contribution in [-0.2, 0) is 0 Å². The number of amides is 1. The number of carbonyl (C=O) groups is 1. The van der Waals surface area contributed by atoms with Crippen molar-refractivity contribution in [3.63, 3.8) is 0 Å². The van der Waals surface area contributed by atoms with Gasteiger partial charge in [0.1, 0.15) is 5.82 Å². The minimum Gasteiger partial charge on any atom is -0.338 e. The molecule has 0 bridgehead atoms. The molecule has 6 rings (SSSR count). The number of para-hydroxylation sites is 1. The lowest BCUT2D eigenvalue weighted by molar-refractivity contribution is 0.0673. The van der Waals surface area contributed by atoms with E-state index in [0.29, 0.717) is 48.2 Å². The average molecular weight is 481 g/mol. The Morgan fingerprint density at radius 1 is 0.972 bits per heavy atom. The number of hydrogen-bond donors (Lipinski definition) is 0. The summed E-state index contributed by atoms with van der Waals surface area (Å²) >= 11 is 0. The highest BCUT2D eigenvalue weighted by Gasteiger charge is 2.31. The van der Waals surface area contributed by atoms with Crippen LogP contribution in [0.1, 0.15) is 22.8 Å². The molecule has 0 radical (unpaired) electrons. The van der Waals surface area contributed by atoms with E-state index in [-0.39, 0.29) is 17.8 Å². The van der Waals surface area contributed by atoms with Crippen molar-refractivity contribution >= 4 is 28.4 Å². The van der Waals surface area contributed by atoms with Gasteiger partial charge in [-0.1, -0.05) is 42.0 Å². The fourth-order valence-electron chi connectivity index (χ4n) is 4.98. The van der Waals surface area contributed by atoms with E-state index in [1.165, 1.54) is 6.07 Å². The van der Waals surface area contributed by atoms with Crippen molar-refractivity contribution in [2.75, 3.05) is 24.5 Å². The summed E-state index contributed by atoms with van der Waals surface area (Å²) in [5, 5.41) is 9.67. The van der Waals surface area contributed by atoms with E-state index < -0.39 is 0 Å². The fraction of sp³-hybridized carbons (Fsp3) is 0.214. The van der Waals surface area contributed by atoms with Gasteiger partial charge in [-0.25, -0.2) is 13.8 Å². The van der Waals surface area contributed by atoms with E-state index in [1.807, 2.05) is 71.7 Å². The molecule has 3 heterocycles. The van der Waals surface area contributed by atoms with Crippen LogP contribution >= 0.6 is 0 Å². The van der Waals surface area contributed by atoms with Crippen LogP contribution in [0.4, 0.5) is 10.3 Å². The number of rotatable bonds is 3. The first-order valence-corrected chi connectivity index (χ1v) is 12.0. The normalized spacial score (nSPS) is 16.1. The van der Waals surface area contributed by atoms with Crippen molar-refractivity contribution < 1.29 is 9.18 Å². The molecule has 3 aromatic carbocycles. The van der Waals surface area contributed by atoms with Crippen LogP contribution in [-0.4, -0.2) is 56.1 Å². The lowest BCUT2D eigenvalue weighted by Crippen LogP contribution is -2.54. The van der Waals surface area contributed by atoms with Gasteiger partial charge < -0.3 is 9.80 Å². The van der Waals surface area contributed by atoms with Crippen LogP contribution in [0, 0.1) is 12.7 Å². The van der Waals surface area contributed by atoms with Crippen LogP contribution in [0.2, 0.25) is 0 Å². The van der Waals surface area contributed by atoms with E-state index in [4.69, 9.17) is 4.98 Å². The van der Waals surface area contributed by atoms with E-state index in [1.54, 1.807) is 18.2 Å². The Balaban J connectivity index is 1.42. The van der Waals surface area contributed by atoms with E-state index in [9.17, 15) is 9.18 Å². The van der Waals surface area contributed by atoms with Gasteiger partial charge in [-0.15, -0.1) is 10.2 Å². The van der Waals surface area contributed by atoms with Crippen molar-refractivity contribution in [3.05, 3.63) is 89.7 Å². The molecule has 7 nitrogen and oxygen atoms in total. The van der Waals surface area contributed by atoms with E-state index in [0.717, 1.165) is 16.5 Å². The molecular weight excluding hydrogens is 455 g/mol. The summed E-state index contributed by atoms with van der Waals surface area (Å²) in [5.74, 6) is 0.704. The van der Waals surface area contributed by atoms with Gasteiger partial charge in [-0.05, 0) is 50.2 Å². The van der Waals surface area contributed by atoms with Gasteiger partial charge in [0.15, 0.2) is 11.5 Å². The zero-order chi connectivity index (χ0) is 24.8. The van der Waals surface area contributed by atoms with Crippen LogP contribution < -0.4 is 4.90 Å². The summed E-state index contributed by atoms with van der Waals surface area (Å²) in [7, 11) is 0. The molecule has 8 heteroatoms. The molecule has 1 aliphatic heterocycles. The van der Waals surface area contributed by atoms with Crippen LogP contribution in [0.15, 0.2) is 72.8 Å². The molecule has 1 amide bonds. The predicted molar refractivity (Wildman–Crippen MR) is 138 cm³/mol. The van der Waals surface area contributed by atoms with Gasteiger partial charge in [0.2, 0.25) is 5.95 Å². The monoisotopic (exact) mass is 480 g/mol. The number of aromatic nitrogens is 4. The Kier molecular flexibility index (Phi) is 5.36. The molecule has 1 unspecified atom stereocenters. The first kappa shape index (κ1) is 22.2. The third-order valence-corrected chi connectivity index (χ3v) is 6.78. The number of fused-ring (bicyclic) bond motifs is 3. The number of carbonyl (C=O) groups excluding carboxylic acids is 1. The van der Waals surface area contributed by atoms with Gasteiger partial charge in [0.05, 0.1) is 11.1 Å². The highest BCUT2D eigenvalue weighted by Crippen LogP contribution is 2.30. The number of halogens is 1. The standard InChI is InChI=1S/C28H25FN6O/c1-18-8-7-9-20(16-18)27(36)34-15-14-33(17-19(34)2)28-30-24-13-6-4-11-22(24)26-32-31-25(35(26)28)21-10-3-5-12-23(21)29/h3-13,16,19H,14-15,17H2,1-2H3. The molecule has 180 valence electrons. The van der Waals surface area contributed by atoms with E-state index in [2.05, 4.69) is 15.1 Å². The largest absolute Gasteiger partial charge is 0.338 e. The molecule has 0 aliphatic carbocycles. The number of hydrogen-bond acceptors (Lipinski definition) is 5. The van der Waals surface area contributed by atoms with E-state index >= 15 is 0 Å². The van der Waals surface area contributed by atoms with Gasteiger partial charge in [-0.3, -0.25) is 4.79 Å². The Hall–Kier alpha value is -4.33. The van der Waals surface area contributed by atoms with Gasteiger partial charge in [0, 0.05) is 36.6 Å². The second kappa shape index (κ2) is 8.71. The SMILES string of the molecule is Cc1cccc(C(=O)N2CCN(c3nc4ccccc4c4nnc(-c5ccccc5F)n34)CC2C)c1. The first-order valence-electron chi connectivity index (χ1n) is 12.0. The summed E-state index contributed by atoms with van der Waals surface area (Å²) in [4.78, 5) is 22.3. The highest BCUT2D eigenvalue weighted by atomic mass is 19.1. The number of anilines is 1. The number of nitrogens with zero attached hydrogens (tertiary/aromatic N) is 6. The van der Waals surface area contributed by atoms with Gasteiger partial charge in [-0.2, -0.15) is 0 Å². The smallest absolute Gasteiger partial charge is 0.254 e. The van der Waals surface area contributed by atoms with Crippen LogP contribution in [0.25, 0.3) is 27.9 Å². The molecule has 1 saturated heterocycles. The molecule has 36 heavy (non-hydrogen) atoms. The number of benzene rings is 3. The number of aryl methyl sites for hydroxylation is 1. The van der Waals surface area contributed by atoms with Crippen molar-refractivity contribution in [2.45, 2.75) is 19.9 Å². The number of piperazine rings is 1. The second-order valence-electron chi connectivity index (χ2n) is 9.25. The third-order valence-electron chi connectivity index (χ3n) is 6.78. The molecule has 0 N–H and O–H groups in total. The summed E-state index contributed by atoms with van der Waals surface area (Å²) in [6.07, 6.45) is 0. The molecule has 1 fully saturated rings. The molecule has 0 spiro atoms. The predicted octanol–water partition coefficient (Wildman–Crippen LogP) is 4.74. The van der Waals surface area contributed by atoms with Crippen molar-refractivity contribution in [1.29, 1.82) is 0 Å². The van der Waals surface area contributed by atoms with Crippen LogP contribution in [0.3, 0.4) is 0 Å². The summed E-state index contributed by atoms with van der Waals surface area (Å²) < 4.78 is 16.6. The molecular formula is C28H25FN6O. The van der Waals surface area contributed by atoms with Crippen molar-refractivity contribution in [1.82, 2.24) is 24.5 Å².